The van der Waals surface area contributed by atoms with Gasteiger partial charge in [0, 0.05) is 29.5 Å². The molecule has 0 aliphatic rings. The van der Waals surface area contributed by atoms with Crippen LogP contribution in [-0.2, 0) is 19.4 Å². The quantitative estimate of drug-likeness (QED) is 0.326. The van der Waals surface area contributed by atoms with Gasteiger partial charge in [0.25, 0.3) is 5.69 Å². The number of nitro groups is 1. The van der Waals surface area contributed by atoms with E-state index in [0.717, 1.165) is 10.7 Å². The molecule has 0 fully saturated rings. The Morgan fingerprint density at radius 2 is 1.96 bits per heavy atom. The average molecular weight is 405 g/mol. The molecular weight excluding hydrogens is 388 g/mol. The fourth-order valence-electron chi connectivity index (χ4n) is 2.44. The highest BCUT2D eigenvalue weighted by Gasteiger charge is 2.15. The van der Waals surface area contributed by atoms with Gasteiger partial charge in [0.15, 0.2) is 11.0 Å². The van der Waals surface area contributed by atoms with Crippen LogP contribution in [0.1, 0.15) is 17.0 Å². The van der Waals surface area contributed by atoms with Crippen LogP contribution in [0.2, 0.25) is 5.02 Å². The fourth-order valence-corrected chi connectivity index (χ4v) is 3.56. The standard InChI is InChI=1S/C18H17ClN4O3S/c1-12-13(4-3-5-16(12)23(24)25)11-27-18-21-20-17(22(18)2)10-26-15-8-6-14(19)7-9-15/h3-9H,10-11H2,1-2H3. The molecule has 0 saturated heterocycles. The van der Waals surface area contributed by atoms with Crippen LogP contribution in [-0.4, -0.2) is 19.7 Å². The van der Waals surface area contributed by atoms with Crippen LogP contribution in [0.15, 0.2) is 47.6 Å². The minimum absolute atomic E-state index is 0.128. The molecule has 0 saturated carbocycles. The van der Waals surface area contributed by atoms with Crippen LogP contribution in [0.25, 0.3) is 0 Å². The molecule has 27 heavy (non-hydrogen) atoms. The van der Waals surface area contributed by atoms with Gasteiger partial charge in [-0.25, -0.2) is 0 Å². The first-order valence-corrected chi connectivity index (χ1v) is 9.44. The molecule has 1 heterocycles. The maximum atomic E-state index is 11.1. The van der Waals surface area contributed by atoms with Crippen molar-refractivity contribution in [1.29, 1.82) is 0 Å². The third-order valence-electron chi connectivity index (χ3n) is 4.08. The van der Waals surface area contributed by atoms with Crippen molar-refractivity contribution in [2.45, 2.75) is 24.4 Å². The number of halogens is 1. The van der Waals surface area contributed by atoms with Crippen molar-refractivity contribution in [2.75, 3.05) is 0 Å². The molecule has 1 aromatic heterocycles. The summed E-state index contributed by atoms with van der Waals surface area (Å²) in [5.74, 6) is 1.95. The number of hydrogen-bond acceptors (Lipinski definition) is 6. The van der Waals surface area contributed by atoms with E-state index in [1.54, 1.807) is 37.3 Å². The first-order chi connectivity index (χ1) is 13.0. The number of ether oxygens (including phenoxy) is 1. The van der Waals surface area contributed by atoms with Gasteiger partial charge in [-0.1, -0.05) is 35.5 Å². The van der Waals surface area contributed by atoms with Gasteiger partial charge in [-0.05, 0) is 36.8 Å². The van der Waals surface area contributed by atoms with Gasteiger partial charge in [-0.3, -0.25) is 10.1 Å². The van der Waals surface area contributed by atoms with Crippen LogP contribution in [0.5, 0.6) is 5.75 Å². The van der Waals surface area contributed by atoms with E-state index in [1.165, 1.54) is 17.8 Å². The topological polar surface area (TPSA) is 83.1 Å². The first kappa shape index (κ1) is 19.2. The van der Waals surface area contributed by atoms with Gasteiger partial charge < -0.3 is 9.30 Å². The lowest BCUT2D eigenvalue weighted by atomic mass is 10.1. The lowest BCUT2D eigenvalue weighted by molar-refractivity contribution is -0.385. The Kier molecular flexibility index (Phi) is 5.98. The van der Waals surface area contributed by atoms with Crippen LogP contribution < -0.4 is 4.74 Å². The Morgan fingerprint density at radius 3 is 2.67 bits per heavy atom. The van der Waals surface area contributed by atoms with Gasteiger partial charge in [0.05, 0.1) is 4.92 Å². The zero-order chi connectivity index (χ0) is 19.4. The number of rotatable bonds is 7. The summed E-state index contributed by atoms with van der Waals surface area (Å²) in [5.41, 5.74) is 1.70. The summed E-state index contributed by atoms with van der Waals surface area (Å²) >= 11 is 7.33. The molecule has 0 unspecified atom stereocenters. The van der Waals surface area contributed by atoms with Crippen LogP contribution >= 0.6 is 23.4 Å². The molecule has 3 aromatic rings. The molecule has 0 amide bonds. The molecule has 2 aromatic carbocycles. The lowest BCUT2D eigenvalue weighted by Crippen LogP contribution is -2.04. The van der Waals surface area contributed by atoms with E-state index in [2.05, 4.69) is 10.2 Å². The Hall–Kier alpha value is -2.58. The van der Waals surface area contributed by atoms with E-state index in [4.69, 9.17) is 16.3 Å². The van der Waals surface area contributed by atoms with Crippen molar-refractivity contribution in [3.63, 3.8) is 0 Å². The molecule has 7 nitrogen and oxygen atoms in total. The highest BCUT2D eigenvalue weighted by atomic mass is 35.5. The Morgan fingerprint density at radius 1 is 1.22 bits per heavy atom. The number of benzene rings is 2. The van der Waals surface area contributed by atoms with Crippen LogP contribution in [0.3, 0.4) is 0 Å². The Bertz CT molecular complexity index is 960. The SMILES string of the molecule is Cc1c(CSc2nnc(COc3ccc(Cl)cc3)n2C)cccc1[N+](=O)[O-]. The van der Waals surface area contributed by atoms with Gasteiger partial charge in [-0.2, -0.15) is 0 Å². The highest BCUT2D eigenvalue weighted by Crippen LogP contribution is 2.27. The van der Waals surface area contributed by atoms with Gasteiger partial charge in [-0.15, -0.1) is 10.2 Å². The average Bonchev–Trinajstić information content (AvgIpc) is 3.00. The summed E-state index contributed by atoms with van der Waals surface area (Å²) < 4.78 is 7.55. The molecule has 9 heteroatoms. The normalized spacial score (nSPS) is 10.8. The van der Waals surface area contributed by atoms with E-state index >= 15 is 0 Å². The summed E-state index contributed by atoms with van der Waals surface area (Å²) in [6.45, 7) is 2.04. The van der Waals surface area contributed by atoms with Crippen molar-refractivity contribution >= 4 is 29.1 Å². The molecule has 0 N–H and O–H groups in total. The van der Waals surface area contributed by atoms with Crippen molar-refractivity contribution in [3.8, 4) is 5.75 Å². The van der Waals surface area contributed by atoms with Crippen molar-refractivity contribution in [2.24, 2.45) is 7.05 Å². The minimum Gasteiger partial charge on any atom is -0.486 e. The zero-order valence-electron chi connectivity index (χ0n) is 14.8. The highest BCUT2D eigenvalue weighted by molar-refractivity contribution is 7.98. The zero-order valence-corrected chi connectivity index (χ0v) is 16.3. The Labute approximate surface area is 165 Å². The summed E-state index contributed by atoms with van der Waals surface area (Å²) in [6, 6.07) is 12.2. The van der Waals surface area contributed by atoms with Crippen molar-refractivity contribution in [1.82, 2.24) is 14.8 Å². The van der Waals surface area contributed by atoms with E-state index in [-0.39, 0.29) is 17.2 Å². The summed E-state index contributed by atoms with van der Waals surface area (Å²) in [4.78, 5) is 10.7. The van der Waals surface area contributed by atoms with E-state index in [1.807, 2.05) is 17.7 Å². The second-order valence-corrected chi connectivity index (χ2v) is 7.19. The fraction of sp³-hybridized carbons (Fsp3) is 0.222. The van der Waals surface area contributed by atoms with Gasteiger partial charge in [0.2, 0.25) is 0 Å². The summed E-state index contributed by atoms with van der Waals surface area (Å²) in [5, 5.41) is 20.8. The molecular formula is C18H17ClN4O3S. The monoisotopic (exact) mass is 404 g/mol. The third-order valence-corrected chi connectivity index (χ3v) is 5.40. The predicted molar refractivity (Wildman–Crippen MR) is 104 cm³/mol. The molecule has 140 valence electrons. The number of nitro benzene ring substituents is 1. The first-order valence-electron chi connectivity index (χ1n) is 8.08. The van der Waals surface area contributed by atoms with E-state index in [9.17, 15) is 10.1 Å². The molecule has 0 bridgehead atoms. The number of nitrogens with zero attached hydrogens (tertiary/aromatic N) is 4. The Balaban J connectivity index is 1.65. The molecule has 0 spiro atoms. The third kappa shape index (κ3) is 4.58. The van der Waals surface area contributed by atoms with Gasteiger partial charge in [0.1, 0.15) is 12.4 Å². The van der Waals surface area contributed by atoms with E-state index < -0.39 is 0 Å². The maximum absolute atomic E-state index is 11.1. The second-order valence-electron chi connectivity index (χ2n) is 5.81. The van der Waals surface area contributed by atoms with E-state index in [0.29, 0.717) is 27.9 Å². The van der Waals surface area contributed by atoms with Crippen LogP contribution in [0, 0.1) is 17.0 Å². The van der Waals surface area contributed by atoms with Crippen molar-refractivity contribution < 1.29 is 9.66 Å². The van der Waals surface area contributed by atoms with Crippen LogP contribution in [0.4, 0.5) is 5.69 Å². The molecule has 0 aliphatic heterocycles. The predicted octanol–water partition coefficient (Wildman–Crippen LogP) is 4.56. The number of aromatic nitrogens is 3. The summed E-state index contributed by atoms with van der Waals surface area (Å²) in [7, 11) is 1.86. The number of thioether (sulfide) groups is 1. The smallest absolute Gasteiger partial charge is 0.272 e. The van der Waals surface area contributed by atoms with Crippen molar-refractivity contribution in [3.05, 3.63) is 74.6 Å². The molecule has 0 radical (unpaired) electrons. The summed E-state index contributed by atoms with van der Waals surface area (Å²) in [6.07, 6.45) is 0. The maximum Gasteiger partial charge on any atom is 0.272 e. The molecule has 0 atom stereocenters. The largest absolute Gasteiger partial charge is 0.486 e. The number of hydrogen-bond donors (Lipinski definition) is 0. The minimum atomic E-state index is -0.363. The second kappa shape index (κ2) is 8.41. The molecule has 0 aliphatic carbocycles. The lowest BCUT2D eigenvalue weighted by Gasteiger charge is -2.08. The molecule has 3 rings (SSSR count). The van der Waals surface area contributed by atoms with Gasteiger partial charge >= 0.3 is 0 Å².